The van der Waals surface area contributed by atoms with Crippen LogP contribution < -0.4 is 5.73 Å². The van der Waals surface area contributed by atoms with Crippen molar-refractivity contribution in [3.05, 3.63) is 35.5 Å². The van der Waals surface area contributed by atoms with Gasteiger partial charge in [0, 0.05) is 36.8 Å². The molecule has 0 radical (unpaired) electrons. The molecular weight excluding hydrogens is 238 g/mol. The summed E-state index contributed by atoms with van der Waals surface area (Å²) in [5, 5.41) is 1.14. The van der Waals surface area contributed by atoms with Crippen molar-refractivity contribution in [1.29, 1.82) is 0 Å². The van der Waals surface area contributed by atoms with Gasteiger partial charge in [0.2, 0.25) is 0 Å². The maximum atomic E-state index is 12.0. The number of benzene rings is 1. The number of carbonyl (C=O) groups excluding carboxylic acids is 1. The molecule has 0 saturated carbocycles. The lowest BCUT2D eigenvalue weighted by Crippen LogP contribution is -2.21. The molecule has 1 aromatic carbocycles. The fourth-order valence-electron chi connectivity index (χ4n) is 2.24. The van der Waals surface area contributed by atoms with Gasteiger partial charge in [-0.25, -0.2) is 0 Å². The number of H-pyrrole nitrogens is 1. The number of carbonyl (C=O) groups is 1. The topological polar surface area (TPSA) is 62.1 Å². The highest BCUT2D eigenvalue weighted by molar-refractivity contribution is 5.98. The predicted octanol–water partition coefficient (Wildman–Crippen LogP) is 2.15. The summed E-state index contributed by atoms with van der Waals surface area (Å²) in [4.78, 5) is 16.8. The Kier molecular flexibility index (Phi) is 4.22. The molecule has 3 N–H and O–H groups in total. The SMILES string of the molecule is CN(C)C(=O)c1ccc2[nH]cc(CCCCN)c2c1. The zero-order valence-corrected chi connectivity index (χ0v) is 11.6. The molecule has 0 unspecified atom stereocenters. The molecule has 0 aliphatic carbocycles. The van der Waals surface area contributed by atoms with Crippen LogP contribution in [0.5, 0.6) is 0 Å². The van der Waals surface area contributed by atoms with Crippen molar-refractivity contribution in [3.63, 3.8) is 0 Å². The van der Waals surface area contributed by atoms with Gasteiger partial charge in [-0.3, -0.25) is 4.79 Å². The molecule has 4 heteroatoms. The Bertz CT molecular complexity index is 572. The van der Waals surface area contributed by atoms with Gasteiger partial charge in [0.1, 0.15) is 0 Å². The summed E-state index contributed by atoms with van der Waals surface area (Å²) in [7, 11) is 3.54. The van der Waals surface area contributed by atoms with Gasteiger partial charge in [0.05, 0.1) is 0 Å². The van der Waals surface area contributed by atoms with Gasteiger partial charge in [0.25, 0.3) is 5.91 Å². The Morgan fingerprint density at radius 3 is 2.79 bits per heavy atom. The third-order valence-corrected chi connectivity index (χ3v) is 3.32. The van der Waals surface area contributed by atoms with Crippen molar-refractivity contribution < 1.29 is 4.79 Å². The lowest BCUT2D eigenvalue weighted by Gasteiger charge is -2.10. The lowest BCUT2D eigenvalue weighted by molar-refractivity contribution is 0.0828. The molecule has 0 fully saturated rings. The van der Waals surface area contributed by atoms with Gasteiger partial charge in [-0.1, -0.05) is 0 Å². The van der Waals surface area contributed by atoms with Crippen LogP contribution in [0.2, 0.25) is 0 Å². The number of nitrogens with one attached hydrogen (secondary N) is 1. The zero-order chi connectivity index (χ0) is 13.8. The van der Waals surface area contributed by atoms with Gasteiger partial charge in [-0.05, 0) is 49.6 Å². The first-order chi connectivity index (χ1) is 9.13. The Hall–Kier alpha value is -1.81. The highest BCUT2D eigenvalue weighted by Gasteiger charge is 2.10. The van der Waals surface area contributed by atoms with Gasteiger partial charge in [0.15, 0.2) is 0 Å². The number of fused-ring (bicyclic) bond motifs is 1. The number of hydrogen-bond donors (Lipinski definition) is 2. The fourth-order valence-corrected chi connectivity index (χ4v) is 2.24. The van der Waals surface area contributed by atoms with Gasteiger partial charge < -0.3 is 15.6 Å². The number of unbranched alkanes of at least 4 members (excludes halogenated alkanes) is 1. The van der Waals surface area contributed by atoms with Gasteiger partial charge in [-0.2, -0.15) is 0 Å². The van der Waals surface area contributed by atoms with Crippen LogP contribution in [0.25, 0.3) is 10.9 Å². The Morgan fingerprint density at radius 1 is 1.32 bits per heavy atom. The van der Waals surface area contributed by atoms with Crippen LogP contribution in [-0.4, -0.2) is 36.4 Å². The van der Waals surface area contributed by atoms with Crippen LogP contribution in [0.1, 0.15) is 28.8 Å². The highest BCUT2D eigenvalue weighted by atomic mass is 16.2. The average molecular weight is 259 g/mol. The smallest absolute Gasteiger partial charge is 0.253 e. The first-order valence-electron chi connectivity index (χ1n) is 6.65. The van der Waals surface area contributed by atoms with Crippen molar-refractivity contribution in [1.82, 2.24) is 9.88 Å². The maximum absolute atomic E-state index is 12.0. The molecule has 0 saturated heterocycles. The van der Waals surface area contributed by atoms with Crippen LogP contribution in [0.15, 0.2) is 24.4 Å². The summed E-state index contributed by atoms with van der Waals surface area (Å²) in [5.41, 5.74) is 8.60. The summed E-state index contributed by atoms with van der Waals surface area (Å²) in [5.74, 6) is 0.0380. The molecule has 0 aliphatic heterocycles. The lowest BCUT2D eigenvalue weighted by atomic mass is 10.0. The van der Waals surface area contributed by atoms with Crippen molar-refractivity contribution >= 4 is 16.8 Å². The van der Waals surface area contributed by atoms with E-state index in [2.05, 4.69) is 4.98 Å². The van der Waals surface area contributed by atoms with E-state index in [1.807, 2.05) is 24.4 Å². The number of aromatic nitrogens is 1. The first kappa shape index (κ1) is 13.6. The number of rotatable bonds is 5. The molecule has 2 rings (SSSR count). The van der Waals surface area contributed by atoms with E-state index in [9.17, 15) is 4.79 Å². The minimum absolute atomic E-state index is 0.0380. The quantitative estimate of drug-likeness (QED) is 0.808. The number of aromatic amines is 1. The normalized spacial score (nSPS) is 10.9. The Balaban J connectivity index is 2.29. The second kappa shape index (κ2) is 5.89. The largest absolute Gasteiger partial charge is 0.361 e. The second-order valence-electron chi connectivity index (χ2n) is 5.02. The van der Waals surface area contributed by atoms with Crippen LogP contribution in [0.4, 0.5) is 0 Å². The summed E-state index contributed by atoms with van der Waals surface area (Å²) in [6.07, 6.45) is 5.14. The molecule has 1 heterocycles. The molecule has 102 valence electrons. The Morgan fingerprint density at radius 2 is 2.11 bits per heavy atom. The van der Waals surface area contributed by atoms with Gasteiger partial charge in [-0.15, -0.1) is 0 Å². The van der Waals surface area contributed by atoms with Crippen molar-refractivity contribution in [2.24, 2.45) is 5.73 Å². The van der Waals surface area contributed by atoms with E-state index in [1.54, 1.807) is 19.0 Å². The second-order valence-corrected chi connectivity index (χ2v) is 5.02. The number of amides is 1. The van der Waals surface area contributed by atoms with E-state index in [-0.39, 0.29) is 5.91 Å². The molecule has 0 atom stereocenters. The van der Waals surface area contributed by atoms with E-state index in [4.69, 9.17) is 5.73 Å². The van der Waals surface area contributed by atoms with E-state index in [1.165, 1.54) is 5.56 Å². The monoisotopic (exact) mass is 259 g/mol. The highest BCUT2D eigenvalue weighted by Crippen LogP contribution is 2.22. The fraction of sp³-hybridized carbons (Fsp3) is 0.400. The van der Waals surface area contributed by atoms with Crippen molar-refractivity contribution in [2.45, 2.75) is 19.3 Å². The molecule has 1 amide bonds. The molecule has 0 aliphatic rings. The zero-order valence-electron chi connectivity index (χ0n) is 11.6. The first-order valence-corrected chi connectivity index (χ1v) is 6.65. The summed E-state index contributed by atoms with van der Waals surface area (Å²) in [6.45, 7) is 0.729. The van der Waals surface area contributed by atoms with Crippen LogP contribution in [0.3, 0.4) is 0 Å². The number of hydrogen-bond acceptors (Lipinski definition) is 2. The summed E-state index contributed by atoms with van der Waals surface area (Å²) in [6, 6.07) is 5.81. The molecule has 1 aromatic heterocycles. The molecule has 4 nitrogen and oxygen atoms in total. The summed E-state index contributed by atoms with van der Waals surface area (Å²) >= 11 is 0. The predicted molar refractivity (Wildman–Crippen MR) is 78.3 cm³/mol. The van der Waals surface area contributed by atoms with Crippen LogP contribution in [-0.2, 0) is 6.42 Å². The number of nitrogens with two attached hydrogens (primary N) is 1. The van der Waals surface area contributed by atoms with Crippen molar-refractivity contribution in [3.8, 4) is 0 Å². The number of nitrogens with zero attached hydrogens (tertiary/aromatic N) is 1. The molecule has 0 bridgehead atoms. The third kappa shape index (κ3) is 2.96. The van der Waals surface area contributed by atoms with E-state index < -0.39 is 0 Å². The summed E-state index contributed by atoms with van der Waals surface area (Å²) < 4.78 is 0. The molecular formula is C15H21N3O. The molecule has 2 aromatic rings. The van der Waals surface area contributed by atoms with Crippen LogP contribution in [0, 0.1) is 0 Å². The van der Waals surface area contributed by atoms with Gasteiger partial charge >= 0.3 is 0 Å². The van der Waals surface area contributed by atoms with E-state index in [0.717, 1.165) is 42.3 Å². The molecule has 0 spiro atoms. The Labute approximate surface area is 113 Å². The maximum Gasteiger partial charge on any atom is 0.253 e. The van der Waals surface area contributed by atoms with E-state index in [0.29, 0.717) is 0 Å². The minimum Gasteiger partial charge on any atom is -0.361 e. The van der Waals surface area contributed by atoms with Crippen LogP contribution >= 0.6 is 0 Å². The standard InChI is InChI=1S/C15H21N3O/c1-18(2)15(19)11-6-7-14-13(9-11)12(10-17-14)5-3-4-8-16/h6-7,9-10,17H,3-5,8,16H2,1-2H3. The minimum atomic E-state index is 0.0380. The molecule has 19 heavy (non-hydrogen) atoms. The van der Waals surface area contributed by atoms with E-state index >= 15 is 0 Å². The third-order valence-electron chi connectivity index (χ3n) is 3.32. The average Bonchev–Trinajstić information content (AvgIpc) is 2.80. The number of aryl methyl sites for hydroxylation is 1. The van der Waals surface area contributed by atoms with Crippen molar-refractivity contribution in [2.75, 3.05) is 20.6 Å².